The molecule has 0 saturated carbocycles. The zero-order chi connectivity index (χ0) is 43.6. The van der Waals surface area contributed by atoms with E-state index in [1.165, 1.54) is 35.7 Å². The molecule has 0 fully saturated rings. The standard InChI is InChI=1S/C49H66FNO6Si2/c1-35(2)46-43(34-58(12,48(4,5)6)56-31-30-39(52)20-19-25-44(53)55-11)45(37-26-28-38(50)29-27-37)42(33-54-10)47(51-46)36(3)32-57-59(49(7,8)9,40-21-15-13-16-22-40)41-23-17-14-18-24-41/h13-18,21-24,26-31,35-36H,19-20,25,32-34H2,1-12H3/b31-30+/t36?,58-/m0/s1. The molecule has 0 amide bonds. The van der Waals surface area contributed by atoms with Crippen LogP contribution in [-0.4, -0.2) is 54.2 Å². The van der Waals surface area contributed by atoms with Crippen molar-refractivity contribution in [3.8, 4) is 11.1 Å². The first kappa shape index (κ1) is 47.5. The maximum atomic E-state index is 14.6. The molecule has 0 aliphatic heterocycles. The van der Waals surface area contributed by atoms with E-state index in [1.807, 2.05) is 12.1 Å². The van der Waals surface area contributed by atoms with E-state index in [1.54, 1.807) is 13.4 Å². The Hall–Kier alpha value is -4.23. The molecule has 1 heterocycles. The van der Waals surface area contributed by atoms with Gasteiger partial charge in [-0.1, -0.05) is 135 Å². The minimum Gasteiger partial charge on any atom is -0.548 e. The number of esters is 1. The molecule has 4 aromatic rings. The van der Waals surface area contributed by atoms with Gasteiger partial charge in [-0.3, -0.25) is 14.6 Å². The summed E-state index contributed by atoms with van der Waals surface area (Å²) in [6, 6.07) is 28.6. The number of methoxy groups -OCH3 is 2. The third-order valence-corrected chi connectivity index (χ3v) is 21.4. The lowest BCUT2D eigenvalue weighted by Crippen LogP contribution is -2.66. The third-order valence-electron chi connectivity index (χ3n) is 11.6. The summed E-state index contributed by atoms with van der Waals surface area (Å²) in [6.45, 7) is 22.8. The molecule has 0 spiro atoms. The Kier molecular flexibility index (Phi) is 16.4. The number of ketones is 1. The first-order chi connectivity index (χ1) is 27.8. The van der Waals surface area contributed by atoms with Gasteiger partial charge in [0.1, 0.15) is 5.82 Å². The van der Waals surface area contributed by atoms with Crippen LogP contribution in [0.4, 0.5) is 4.39 Å². The van der Waals surface area contributed by atoms with Gasteiger partial charge in [0.2, 0.25) is 0 Å². The monoisotopic (exact) mass is 839 g/mol. The van der Waals surface area contributed by atoms with Crippen molar-refractivity contribution >= 4 is 38.8 Å². The summed E-state index contributed by atoms with van der Waals surface area (Å²) in [5.74, 6) is -0.862. The fraction of sp³-hybridized carbons (Fsp3) is 0.449. The molecule has 10 heteroatoms. The van der Waals surface area contributed by atoms with Crippen LogP contribution in [0.3, 0.4) is 0 Å². The molecule has 0 radical (unpaired) electrons. The van der Waals surface area contributed by atoms with Crippen LogP contribution >= 0.6 is 0 Å². The predicted octanol–water partition coefficient (Wildman–Crippen LogP) is 10.7. The minimum absolute atomic E-state index is 0.0366. The summed E-state index contributed by atoms with van der Waals surface area (Å²) >= 11 is 0. The first-order valence-electron chi connectivity index (χ1n) is 20.8. The highest BCUT2D eigenvalue weighted by Gasteiger charge is 2.50. The maximum absolute atomic E-state index is 14.6. The van der Waals surface area contributed by atoms with Crippen molar-refractivity contribution in [2.75, 3.05) is 20.8 Å². The number of rotatable bonds is 19. The fourth-order valence-electron chi connectivity index (χ4n) is 7.79. The van der Waals surface area contributed by atoms with Crippen molar-refractivity contribution in [1.29, 1.82) is 0 Å². The van der Waals surface area contributed by atoms with Crippen molar-refractivity contribution in [2.24, 2.45) is 0 Å². The molecular formula is C49H66FNO6Si2. The Bertz CT molecular complexity index is 1980. The van der Waals surface area contributed by atoms with Gasteiger partial charge in [-0.2, -0.15) is 0 Å². The zero-order valence-electron chi connectivity index (χ0n) is 37.4. The largest absolute Gasteiger partial charge is 0.548 e. The molecule has 1 unspecified atom stereocenters. The van der Waals surface area contributed by atoms with Crippen LogP contribution in [0, 0.1) is 5.82 Å². The second-order valence-corrected chi connectivity index (χ2v) is 27.0. The number of carbonyl (C=O) groups excluding carboxylic acids is 2. The summed E-state index contributed by atoms with van der Waals surface area (Å²) < 4.78 is 39.5. The van der Waals surface area contributed by atoms with E-state index in [-0.39, 0.29) is 52.3 Å². The van der Waals surface area contributed by atoms with Crippen molar-refractivity contribution in [3.63, 3.8) is 0 Å². The maximum Gasteiger partial charge on any atom is 0.305 e. The van der Waals surface area contributed by atoms with Crippen LogP contribution in [0.2, 0.25) is 16.6 Å². The summed E-state index contributed by atoms with van der Waals surface area (Å²) in [5, 5.41) is 1.96. The summed E-state index contributed by atoms with van der Waals surface area (Å²) in [7, 11) is -2.60. The Morgan fingerprint density at radius 2 is 1.36 bits per heavy atom. The molecule has 3 aromatic carbocycles. The van der Waals surface area contributed by atoms with E-state index >= 15 is 0 Å². The number of hydrogen-bond acceptors (Lipinski definition) is 7. The lowest BCUT2D eigenvalue weighted by atomic mass is 9.87. The highest BCUT2D eigenvalue weighted by Crippen LogP contribution is 2.45. The normalized spacial score (nSPS) is 14.0. The molecule has 0 bridgehead atoms. The van der Waals surface area contributed by atoms with E-state index in [2.05, 4.69) is 130 Å². The number of benzene rings is 3. The molecule has 4 rings (SSSR count). The van der Waals surface area contributed by atoms with Gasteiger partial charge in [-0.05, 0) is 68.2 Å². The number of pyridine rings is 1. The van der Waals surface area contributed by atoms with Gasteiger partial charge in [-0.25, -0.2) is 4.39 Å². The quantitative estimate of drug-likeness (QED) is 0.0402. The average molecular weight is 840 g/mol. The number of aromatic nitrogens is 1. The fourth-order valence-corrected chi connectivity index (χ4v) is 14.8. The van der Waals surface area contributed by atoms with Gasteiger partial charge in [0, 0.05) is 55.9 Å². The molecule has 0 N–H and O–H groups in total. The number of ether oxygens (including phenoxy) is 2. The summed E-state index contributed by atoms with van der Waals surface area (Å²) in [6.07, 6.45) is 3.84. The first-order valence-corrected chi connectivity index (χ1v) is 25.3. The summed E-state index contributed by atoms with van der Waals surface area (Å²) in [4.78, 5) is 29.9. The Labute approximate surface area is 355 Å². The number of halogens is 1. The van der Waals surface area contributed by atoms with Crippen LogP contribution < -0.4 is 10.4 Å². The second kappa shape index (κ2) is 20.4. The zero-order valence-corrected chi connectivity index (χ0v) is 39.4. The Morgan fingerprint density at radius 1 is 0.780 bits per heavy atom. The predicted molar refractivity (Wildman–Crippen MR) is 243 cm³/mol. The van der Waals surface area contributed by atoms with Crippen LogP contribution in [0.25, 0.3) is 11.1 Å². The van der Waals surface area contributed by atoms with Gasteiger partial charge in [0.05, 0.1) is 25.7 Å². The SMILES string of the molecule is COCc1c(C(C)CO[Si](c2ccccc2)(c2ccccc2)C(C)(C)C)nc(C(C)C)c(C[Si@](C)(O/C=C/C(=O)CCCC(=O)OC)C(C)(C)C)c1-c1ccc(F)cc1. The lowest BCUT2D eigenvalue weighted by Gasteiger charge is -2.43. The lowest BCUT2D eigenvalue weighted by molar-refractivity contribution is -0.140. The molecule has 1 aromatic heterocycles. The number of hydrogen-bond donors (Lipinski definition) is 0. The number of carbonyl (C=O) groups is 2. The third kappa shape index (κ3) is 11.3. The number of allylic oxidation sites excluding steroid dienone is 1. The average Bonchev–Trinajstić information content (AvgIpc) is 3.18. The van der Waals surface area contributed by atoms with Crippen LogP contribution in [0.15, 0.2) is 97.3 Å². The molecule has 0 aliphatic carbocycles. The van der Waals surface area contributed by atoms with Crippen LogP contribution in [0.1, 0.15) is 116 Å². The summed E-state index contributed by atoms with van der Waals surface area (Å²) in [5.41, 5.74) is 5.69. The van der Waals surface area contributed by atoms with E-state index in [0.717, 1.165) is 33.6 Å². The molecule has 318 valence electrons. The molecule has 2 atom stereocenters. The van der Waals surface area contributed by atoms with Gasteiger partial charge in [0.25, 0.3) is 16.6 Å². The van der Waals surface area contributed by atoms with Crippen molar-refractivity contribution in [1.82, 2.24) is 4.98 Å². The topological polar surface area (TPSA) is 84.0 Å². The van der Waals surface area contributed by atoms with E-state index < -0.39 is 16.6 Å². The van der Waals surface area contributed by atoms with Gasteiger partial charge >= 0.3 is 5.97 Å². The Balaban J connectivity index is 1.88. The molecule has 0 saturated heterocycles. The van der Waals surface area contributed by atoms with Gasteiger partial charge < -0.3 is 18.3 Å². The molecular weight excluding hydrogens is 774 g/mol. The van der Waals surface area contributed by atoms with Crippen molar-refractivity contribution in [3.05, 3.63) is 126 Å². The minimum atomic E-state index is -2.86. The van der Waals surface area contributed by atoms with E-state index in [4.69, 9.17) is 23.3 Å². The number of nitrogens with zero attached hydrogens (tertiary/aromatic N) is 1. The van der Waals surface area contributed by atoms with Crippen LogP contribution in [0.5, 0.6) is 0 Å². The van der Waals surface area contributed by atoms with E-state index in [0.29, 0.717) is 25.7 Å². The van der Waals surface area contributed by atoms with Crippen molar-refractivity contribution < 1.29 is 32.3 Å². The molecule has 7 nitrogen and oxygen atoms in total. The Morgan fingerprint density at radius 3 is 1.85 bits per heavy atom. The highest BCUT2D eigenvalue weighted by molar-refractivity contribution is 6.99. The second-order valence-electron chi connectivity index (χ2n) is 18.2. The molecule has 0 aliphatic rings. The van der Waals surface area contributed by atoms with Crippen LogP contribution in [-0.2, 0) is 40.6 Å². The smallest absolute Gasteiger partial charge is 0.305 e. The van der Waals surface area contributed by atoms with Gasteiger partial charge in [0.15, 0.2) is 5.78 Å². The van der Waals surface area contributed by atoms with Crippen molar-refractivity contribution in [2.45, 2.75) is 123 Å². The molecule has 59 heavy (non-hydrogen) atoms. The van der Waals surface area contributed by atoms with E-state index in [9.17, 15) is 14.0 Å². The van der Waals surface area contributed by atoms with Gasteiger partial charge in [-0.15, -0.1) is 0 Å². The highest BCUT2D eigenvalue weighted by atomic mass is 28.4.